The van der Waals surface area contributed by atoms with Crippen LogP contribution in [-0.4, -0.2) is 47.9 Å². The van der Waals surface area contributed by atoms with Crippen molar-refractivity contribution < 1.29 is 24.2 Å². The van der Waals surface area contributed by atoms with E-state index in [0.29, 0.717) is 0 Å². The van der Waals surface area contributed by atoms with Crippen LogP contribution < -0.4 is 0 Å². The molecule has 0 aliphatic heterocycles. The molecule has 6 aromatic carbocycles. The molecule has 0 unspecified atom stereocenters. The zero-order chi connectivity index (χ0) is 46.9. The number of fused-ring (bicyclic) bond motifs is 6. The van der Waals surface area contributed by atoms with Crippen LogP contribution in [0.5, 0.6) is 0 Å². The Hall–Kier alpha value is -8.65. The van der Waals surface area contributed by atoms with E-state index in [4.69, 9.17) is 0 Å². The summed E-state index contributed by atoms with van der Waals surface area (Å²) in [7, 11) is 1.45. The van der Waals surface area contributed by atoms with Gasteiger partial charge in [-0.2, -0.15) is 0 Å². The molecule has 9 heteroatoms. The molecule has 0 saturated heterocycles. The predicted molar refractivity (Wildman–Crippen MR) is 283 cm³/mol. The van der Waals surface area contributed by atoms with E-state index in [1.165, 1.54) is 57.8 Å². The summed E-state index contributed by atoms with van der Waals surface area (Å²) < 4.78 is 0.767. The molecule has 0 amide bonds. The first-order valence-electron chi connectivity index (χ1n) is 22.7. The van der Waals surface area contributed by atoms with E-state index in [-0.39, 0.29) is 19.5 Å². The zero-order valence-corrected chi connectivity index (χ0v) is 40.1. The van der Waals surface area contributed by atoms with Crippen molar-refractivity contribution in [1.82, 2.24) is 29.9 Å². The monoisotopic (exact) mass is 993 g/mol. The van der Waals surface area contributed by atoms with E-state index in [0.717, 1.165) is 70.9 Å². The molecule has 0 bridgehead atoms. The Kier molecular flexibility index (Phi) is 14.3. The minimum Gasteiger partial charge on any atom is -0.624 e. The number of rotatable bonds is 6. The average molecular weight is 993 g/mol. The van der Waals surface area contributed by atoms with Gasteiger partial charge < -0.3 is 5.21 Å². The van der Waals surface area contributed by atoms with Crippen LogP contribution >= 0.6 is 0 Å². The van der Waals surface area contributed by atoms with Gasteiger partial charge in [0.25, 0.3) is 0 Å². The van der Waals surface area contributed by atoms with E-state index < -0.39 is 0 Å². The van der Waals surface area contributed by atoms with Crippen molar-refractivity contribution in [3.8, 4) is 55.9 Å². The van der Waals surface area contributed by atoms with E-state index >= 15 is 0 Å². The summed E-state index contributed by atoms with van der Waals surface area (Å²) in [6.45, 7) is 2.01. The Balaban J connectivity index is 0.000000133. The predicted octanol–water partition coefficient (Wildman–Crippen LogP) is 14.2. The van der Waals surface area contributed by atoms with Crippen LogP contribution in [0.3, 0.4) is 0 Å². The Morgan fingerprint density at radius 2 is 0.657 bits per heavy atom. The van der Waals surface area contributed by atoms with Gasteiger partial charge >= 0.3 is 0 Å². The first-order chi connectivity index (χ1) is 34.0. The number of nitrogens with zero attached hydrogens (tertiary/aromatic N) is 7. The zero-order valence-electron chi connectivity index (χ0n) is 38.4. The summed E-state index contributed by atoms with van der Waals surface area (Å²) >= 11 is 0. The van der Waals surface area contributed by atoms with Crippen molar-refractivity contribution >= 4 is 49.8 Å². The van der Waals surface area contributed by atoms with Crippen molar-refractivity contribution in [3.05, 3.63) is 248 Å². The molecular weight excluding hydrogens is 948 g/mol. The summed E-state index contributed by atoms with van der Waals surface area (Å²) in [6, 6.07) is 66.2. The molecule has 6 aromatic heterocycles. The Morgan fingerprint density at radius 1 is 0.357 bits per heavy atom. The van der Waals surface area contributed by atoms with Crippen LogP contribution in [0.4, 0.5) is 0 Å². The molecule has 0 radical (unpaired) electrons. The molecule has 6 heterocycles. The topological polar surface area (TPSA) is 103 Å². The Labute approximate surface area is 419 Å². The maximum absolute atomic E-state index is 10.9. The van der Waals surface area contributed by atoms with Crippen molar-refractivity contribution in [2.75, 3.05) is 7.05 Å². The van der Waals surface area contributed by atoms with E-state index in [2.05, 4.69) is 175 Å². The second-order valence-electron chi connectivity index (χ2n) is 16.5. The van der Waals surface area contributed by atoms with E-state index in [1.807, 2.05) is 74.2 Å². The summed E-state index contributed by atoms with van der Waals surface area (Å²) in [5.41, 5.74) is 16.8. The molecule has 8 nitrogen and oxygen atoms in total. The number of hydroxylamine groups is 1. The Bertz CT molecular complexity index is 3360. The number of hydrogen-bond donors (Lipinski definition) is 0. The van der Waals surface area contributed by atoms with Crippen LogP contribution in [0.25, 0.3) is 99.5 Å². The summed E-state index contributed by atoms with van der Waals surface area (Å²) in [5.74, 6) is 0. The first-order valence-corrected chi connectivity index (χ1v) is 22.7. The molecule has 70 heavy (non-hydrogen) atoms. The number of benzene rings is 6. The molecule has 0 atom stereocenters. The number of aromatic nitrogens is 6. The molecule has 0 N–H and O–H groups in total. The van der Waals surface area contributed by atoms with Gasteiger partial charge in [0.2, 0.25) is 0 Å². The molecule has 0 fully saturated rings. The van der Waals surface area contributed by atoms with Gasteiger partial charge in [-0.3, -0.25) is 29.9 Å². The maximum Gasteiger partial charge on any atom is 0.181 e. The fourth-order valence-electron chi connectivity index (χ4n) is 8.69. The molecule has 0 spiro atoms. The molecule has 0 aliphatic rings. The van der Waals surface area contributed by atoms with Crippen molar-refractivity contribution in [2.24, 2.45) is 0 Å². The van der Waals surface area contributed by atoms with Crippen LogP contribution in [0, 0.1) is 12.1 Å². The van der Waals surface area contributed by atoms with Gasteiger partial charge in [-0.25, -0.2) is 4.74 Å². The van der Waals surface area contributed by atoms with Crippen LogP contribution in [0.15, 0.2) is 231 Å². The van der Waals surface area contributed by atoms with Gasteiger partial charge in [-0.05, 0) is 106 Å². The van der Waals surface area contributed by atoms with Crippen LogP contribution in [0.2, 0.25) is 0 Å². The fourth-order valence-corrected chi connectivity index (χ4v) is 8.69. The minimum absolute atomic E-state index is 0. The third-order valence-corrected chi connectivity index (χ3v) is 11.9. The molecule has 0 saturated carbocycles. The van der Waals surface area contributed by atoms with Crippen molar-refractivity contribution in [1.29, 1.82) is 0 Å². The molecule has 338 valence electrons. The smallest absolute Gasteiger partial charge is 0.181 e. The molecule has 12 aromatic rings. The van der Waals surface area contributed by atoms with Crippen LogP contribution in [0.1, 0.15) is 11.1 Å². The second kappa shape index (κ2) is 21.5. The third kappa shape index (κ3) is 10.1. The Morgan fingerprint density at radius 3 is 0.971 bits per heavy atom. The van der Waals surface area contributed by atoms with Gasteiger partial charge in [0, 0.05) is 83.8 Å². The normalized spacial score (nSPS) is 11.0. The third-order valence-electron chi connectivity index (χ3n) is 11.9. The second-order valence-corrected chi connectivity index (χ2v) is 16.5. The first kappa shape index (κ1) is 46.5. The minimum atomic E-state index is 0. The standard InChI is InChI=1S/2C24H16N2.C13H13N3O.Ru/c2*1-3-7-17(8-4-1)19-13-15-25-23-21(19)11-12-22-20(14-16-26-24(22)23)18-9-5-2-6-10-18;1-10-3-5-14-12(7-10)13-8-11(4-6-15-13)9-16(2)17;/h2*1-16H;3-9H,1-2H3;/b;;16-9-;. The summed E-state index contributed by atoms with van der Waals surface area (Å²) in [4.78, 5) is 27.2. The number of hydrogen-bond acceptors (Lipinski definition) is 7. The SMILES string of the molecule is Cc1ccnc(-c2cc(/C=[N+](/C)[O-])ccn2)c1.[Ru].c1ccc(-c2ccnc3c2ccc2c(-c4ccccc4)ccnc23)cc1.c1ccc(-c2ccnc3c2ccc2c(-c4ccccc4)ccnc23)cc1. The quantitative estimate of drug-likeness (QED) is 0.0408. The molecule has 0 aliphatic carbocycles. The molecule has 12 rings (SSSR count). The van der Waals surface area contributed by atoms with E-state index in [1.54, 1.807) is 18.5 Å². The van der Waals surface area contributed by atoms with Crippen molar-refractivity contribution in [2.45, 2.75) is 6.92 Å². The largest absolute Gasteiger partial charge is 0.624 e. The average Bonchev–Trinajstić information content (AvgIpc) is 3.41. The van der Waals surface area contributed by atoms with Gasteiger partial charge in [0.15, 0.2) is 6.21 Å². The van der Waals surface area contributed by atoms with Gasteiger partial charge in [-0.15, -0.1) is 0 Å². The summed E-state index contributed by atoms with van der Waals surface area (Å²) in [5, 5.41) is 15.5. The number of aryl methyl sites for hydroxylation is 1. The fraction of sp³-hybridized carbons (Fsp3) is 0.0328. The summed E-state index contributed by atoms with van der Waals surface area (Å²) in [6.07, 6.45) is 12.4. The van der Waals surface area contributed by atoms with Crippen molar-refractivity contribution in [3.63, 3.8) is 0 Å². The van der Waals surface area contributed by atoms with Gasteiger partial charge in [0.05, 0.1) is 33.5 Å². The van der Waals surface area contributed by atoms with Gasteiger partial charge in [0.1, 0.15) is 7.05 Å². The number of pyridine rings is 6. The molecular formula is C61H45N7ORu. The van der Waals surface area contributed by atoms with Gasteiger partial charge in [-0.1, -0.05) is 146 Å². The van der Waals surface area contributed by atoms with Crippen LogP contribution in [-0.2, 0) is 19.5 Å². The maximum atomic E-state index is 10.9. The van der Waals surface area contributed by atoms with E-state index in [9.17, 15) is 5.21 Å².